The fraction of sp³-hybridized carbons (Fsp3) is 0.575. The highest BCUT2D eigenvalue weighted by Gasteiger charge is 2.65. The second kappa shape index (κ2) is 12.8. The number of rotatable bonds is 6. The Morgan fingerprint density at radius 3 is 2.25 bits per heavy atom. The van der Waals surface area contributed by atoms with Gasteiger partial charge in [-0.3, -0.25) is 9.59 Å². The van der Waals surface area contributed by atoms with Gasteiger partial charge in [0, 0.05) is 99.7 Å². The van der Waals surface area contributed by atoms with Crippen LogP contribution in [0.4, 0.5) is 4.79 Å². The number of carbonyl (C=O) groups excluding carboxylic acids is 3. The molecule has 2 saturated carbocycles. The van der Waals surface area contributed by atoms with Gasteiger partial charge in [-0.25, -0.2) is 9.52 Å². The van der Waals surface area contributed by atoms with Gasteiger partial charge in [-0.05, 0) is 79.5 Å². The number of urea groups is 1. The zero-order chi connectivity index (χ0) is 36.8. The summed E-state index contributed by atoms with van der Waals surface area (Å²) in [5.41, 5.74) is 5.05. The van der Waals surface area contributed by atoms with E-state index in [2.05, 4.69) is 26.3 Å². The van der Waals surface area contributed by atoms with Gasteiger partial charge in [0.15, 0.2) is 0 Å². The summed E-state index contributed by atoms with van der Waals surface area (Å²) < 4.78 is 36.5. The molecule has 5 heterocycles. The van der Waals surface area contributed by atoms with E-state index in [0.29, 0.717) is 38.6 Å². The molecule has 3 saturated heterocycles. The number of nitrogens with one attached hydrogen (secondary N) is 1. The normalized spacial score (nSPS) is 26.6. The first kappa shape index (κ1) is 34.7. The van der Waals surface area contributed by atoms with E-state index in [9.17, 15) is 18.0 Å². The number of amides is 4. The van der Waals surface area contributed by atoms with Crippen LogP contribution in [0, 0.1) is 17.3 Å². The number of methoxy groups -OCH3 is 1. The van der Waals surface area contributed by atoms with Gasteiger partial charge < -0.3 is 24.0 Å². The van der Waals surface area contributed by atoms with Crippen molar-refractivity contribution in [3.63, 3.8) is 0 Å². The summed E-state index contributed by atoms with van der Waals surface area (Å²) in [7, 11) is 0.454. The van der Waals surface area contributed by atoms with Gasteiger partial charge in [0.1, 0.15) is 5.75 Å². The number of benzene rings is 2. The van der Waals surface area contributed by atoms with E-state index in [1.54, 1.807) is 13.2 Å². The minimum Gasteiger partial charge on any atom is -0.497 e. The van der Waals surface area contributed by atoms with Gasteiger partial charge in [0.05, 0.1) is 18.2 Å². The zero-order valence-electron chi connectivity index (χ0n) is 31.0. The van der Waals surface area contributed by atoms with Crippen LogP contribution in [-0.2, 0) is 21.5 Å². The largest absolute Gasteiger partial charge is 0.497 e. The maximum atomic E-state index is 15.0. The van der Waals surface area contributed by atoms with Crippen LogP contribution in [0.3, 0.4) is 0 Å². The number of carbonyl (C=O) groups is 3. The molecule has 53 heavy (non-hydrogen) atoms. The number of ether oxygens (including phenoxy) is 1. The third kappa shape index (κ3) is 5.63. The Morgan fingerprint density at radius 1 is 0.868 bits per heavy atom. The molecule has 4 atom stereocenters. The molecule has 4 aliphatic heterocycles. The van der Waals surface area contributed by atoms with Gasteiger partial charge >= 0.3 is 16.2 Å². The minimum absolute atomic E-state index is 0.0136. The summed E-state index contributed by atoms with van der Waals surface area (Å²) >= 11 is 0. The van der Waals surface area contributed by atoms with Crippen molar-refractivity contribution in [3.05, 3.63) is 53.1 Å². The number of fused-ring (bicyclic) bond motifs is 8. The summed E-state index contributed by atoms with van der Waals surface area (Å²) in [6.45, 7) is 4.86. The van der Waals surface area contributed by atoms with Crippen LogP contribution < -0.4 is 9.46 Å². The SMILES string of the molecule is COc1ccc2c(c1)[C@@H]1CC1(C(=O)N1CC3CN(C(=O)N4CCCC4)CC3C1)Cn1c-2c(C2CCCCC2)c2ccc(C(=O)NS(=O)(=O)N(C)C)cc21. The van der Waals surface area contributed by atoms with Crippen molar-refractivity contribution >= 4 is 39.0 Å². The second-order valence-corrected chi connectivity index (χ2v) is 18.5. The molecule has 13 heteroatoms. The maximum Gasteiger partial charge on any atom is 0.320 e. The van der Waals surface area contributed by atoms with E-state index in [1.807, 2.05) is 28.0 Å². The van der Waals surface area contributed by atoms with Gasteiger partial charge in [-0.1, -0.05) is 25.3 Å². The Kier molecular flexibility index (Phi) is 8.34. The highest BCUT2D eigenvalue weighted by atomic mass is 32.2. The molecule has 0 radical (unpaired) electrons. The monoisotopic (exact) mass is 742 g/mol. The van der Waals surface area contributed by atoms with Crippen molar-refractivity contribution in [1.29, 1.82) is 0 Å². The zero-order valence-corrected chi connectivity index (χ0v) is 31.8. The molecule has 3 aromatic rings. The van der Waals surface area contributed by atoms with E-state index < -0.39 is 21.5 Å². The Balaban J connectivity index is 1.11. The van der Waals surface area contributed by atoms with Gasteiger partial charge in [-0.15, -0.1) is 0 Å². The van der Waals surface area contributed by atoms with Crippen LogP contribution in [0.5, 0.6) is 5.75 Å². The predicted octanol–water partition coefficient (Wildman–Crippen LogP) is 4.99. The molecule has 2 aliphatic carbocycles. The van der Waals surface area contributed by atoms with Crippen molar-refractivity contribution in [3.8, 4) is 17.0 Å². The Bertz CT molecular complexity index is 2100. The van der Waals surface area contributed by atoms with E-state index in [4.69, 9.17) is 4.74 Å². The average molecular weight is 743 g/mol. The smallest absolute Gasteiger partial charge is 0.320 e. The summed E-state index contributed by atoms with van der Waals surface area (Å²) in [4.78, 5) is 47.8. The average Bonchev–Trinajstić information content (AvgIpc) is 3.59. The third-order valence-electron chi connectivity index (χ3n) is 13.3. The van der Waals surface area contributed by atoms with Crippen LogP contribution in [0.2, 0.25) is 0 Å². The first-order chi connectivity index (χ1) is 25.5. The Hall–Kier alpha value is -4.10. The second-order valence-electron chi connectivity index (χ2n) is 16.6. The molecule has 12 nitrogen and oxygen atoms in total. The quantitative estimate of drug-likeness (QED) is 0.380. The molecule has 3 unspecified atom stereocenters. The number of aromatic nitrogens is 1. The lowest BCUT2D eigenvalue weighted by Crippen LogP contribution is -2.44. The summed E-state index contributed by atoms with van der Waals surface area (Å²) in [6, 6.07) is 12.0. The summed E-state index contributed by atoms with van der Waals surface area (Å²) in [6.07, 6.45) is 8.52. The van der Waals surface area contributed by atoms with Crippen molar-refractivity contribution < 1.29 is 27.5 Å². The number of likely N-dealkylation sites (tertiary alicyclic amines) is 3. The topological polar surface area (TPSA) is 124 Å². The standard InChI is InChI=1S/C40H50N6O6S/c1-42(2)53(50,51)41-37(47)26-11-13-31-34(17-26)46-24-40(38(48)44-20-27-22-45(23-28(27)21-44)39(49)43-15-7-8-16-43)19-33(40)32-18-29(52-3)12-14-30(32)36(46)35(31)25-9-5-4-6-10-25/h11-14,17-18,25,27-28,33H,4-10,15-16,19-24H2,1-3H3,(H,41,47)/t27?,28?,33-,40?/m0/s1. The van der Waals surface area contributed by atoms with Gasteiger partial charge in [-0.2, -0.15) is 12.7 Å². The van der Waals surface area contributed by atoms with Crippen molar-refractivity contribution in [2.75, 3.05) is 60.5 Å². The lowest BCUT2D eigenvalue weighted by Gasteiger charge is -2.28. The molecule has 0 spiro atoms. The molecular formula is C40H50N6O6S. The maximum absolute atomic E-state index is 15.0. The first-order valence-corrected chi connectivity index (χ1v) is 20.9. The molecule has 4 amide bonds. The lowest BCUT2D eigenvalue weighted by molar-refractivity contribution is -0.137. The molecule has 282 valence electrons. The van der Waals surface area contributed by atoms with Crippen LogP contribution >= 0.6 is 0 Å². The number of hydrogen-bond acceptors (Lipinski definition) is 6. The van der Waals surface area contributed by atoms with Crippen LogP contribution in [0.25, 0.3) is 22.2 Å². The van der Waals surface area contributed by atoms with Crippen molar-refractivity contribution in [2.45, 2.75) is 69.7 Å². The van der Waals surface area contributed by atoms with E-state index in [0.717, 1.165) is 95.8 Å². The summed E-state index contributed by atoms with van der Waals surface area (Å²) in [5.74, 6) is 1.14. The molecular weight excluding hydrogens is 693 g/mol. The Labute approximate surface area is 311 Å². The number of nitrogens with zero attached hydrogens (tertiary/aromatic N) is 5. The Morgan fingerprint density at radius 2 is 1.57 bits per heavy atom. The molecule has 0 bridgehead atoms. The van der Waals surface area contributed by atoms with Crippen molar-refractivity contribution in [2.24, 2.45) is 17.3 Å². The fourth-order valence-electron chi connectivity index (χ4n) is 10.4. The molecule has 5 fully saturated rings. The molecule has 1 N–H and O–H groups in total. The molecule has 1 aromatic heterocycles. The fourth-order valence-corrected chi connectivity index (χ4v) is 11.0. The molecule has 9 rings (SSSR count). The van der Waals surface area contributed by atoms with Crippen LogP contribution in [0.1, 0.15) is 84.7 Å². The van der Waals surface area contributed by atoms with Crippen molar-refractivity contribution in [1.82, 2.24) is 28.3 Å². The first-order valence-electron chi connectivity index (χ1n) is 19.4. The third-order valence-corrected chi connectivity index (χ3v) is 14.7. The highest BCUT2D eigenvalue weighted by molar-refractivity contribution is 7.87. The summed E-state index contributed by atoms with van der Waals surface area (Å²) in [5, 5.41) is 1.06. The predicted molar refractivity (Wildman–Crippen MR) is 201 cm³/mol. The van der Waals surface area contributed by atoms with Gasteiger partial charge in [0.25, 0.3) is 5.91 Å². The van der Waals surface area contributed by atoms with E-state index >= 15 is 4.79 Å². The minimum atomic E-state index is -3.99. The van der Waals surface area contributed by atoms with Crippen LogP contribution in [0.15, 0.2) is 36.4 Å². The van der Waals surface area contributed by atoms with E-state index in [1.165, 1.54) is 26.1 Å². The van der Waals surface area contributed by atoms with E-state index in [-0.39, 0.29) is 35.3 Å². The van der Waals surface area contributed by atoms with Crippen LogP contribution in [-0.4, -0.2) is 110 Å². The molecule has 2 aromatic carbocycles. The molecule has 6 aliphatic rings. The van der Waals surface area contributed by atoms with Gasteiger partial charge in [0.2, 0.25) is 5.91 Å². The highest BCUT2D eigenvalue weighted by Crippen LogP contribution is 2.66. The lowest BCUT2D eigenvalue weighted by atomic mass is 9.81. The number of hydrogen-bond donors (Lipinski definition) is 1.